The van der Waals surface area contributed by atoms with Crippen molar-refractivity contribution in [3.8, 4) is 5.75 Å². The van der Waals surface area contributed by atoms with Crippen LogP contribution in [0.15, 0.2) is 77.9 Å². The van der Waals surface area contributed by atoms with Gasteiger partial charge in [0.05, 0.1) is 33.8 Å². The molecule has 1 heterocycles. The van der Waals surface area contributed by atoms with Crippen molar-refractivity contribution < 1.29 is 9.53 Å². The Morgan fingerprint density at radius 1 is 1.00 bits per heavy atom. The summed E-state index contributed by atoms with van der Waals surface area (Å²) in [6, 6.07) is 19.2. The highest BCUT2D eigenvalue weighted by molar-refractivity contribution is 6.42. The van der Waals surface area contributed by atoms with Gasteiger partial charge in [-0.15, -0.1) is 0 Å². The van der Waals surface area contributed by atoms with Gasteiger partial charge < -0.3 is 10.1 Å². The van der Waals surface area contributed by atoms with Gasteiger partial charge in [-0.05, 0) is 48.0 Å². The highest BCUT2D eigenvalue weighted by atomic mass is 35.5. The molecule has 0 radical (unpaired) electrons. The molecule has 4 rings (SSSR count). The topological polar surface area (TPSA) is 73.2 Å². The van der Waals surface area contributed by atoms with Gasteiger partial charge in [-0.1, -0.05) is 47.5 Å². The molecule has 6 nitrogen and oxygen atoms in total. The fourth-order valence-corrected chi connectivity index (χ4v) is 3.37. The van der Waals surface area contributed by atoms with Crippen molar-refractivity contribution in [1.29, 1.82) is 0 Å². The van der Waals surface area contributed by atoms with Gasteiger partial charge in [0.25, 0.3) is 11.5 Å². The number of para-hydroxylation sites is 1. The van der Waals surface area contributed by atoms with Crippen LogP contribution in [0.2, 0.25) is 10.0 Å². The normalized spacial score (nSPS) is 10.8. The van der Waals surface area contributed by atoms with Crippen LogP contribution in [0.4, 0.5) is 5.69 Å². The molecule has 0 saturated carbocycles. The quantitative estimate of drug-likeness (QED) is 0.456. The number of ether oxygens (including phenoxy) is 1. The third kappa shape index (κ3) is 5.05. The maximum absolute atomic E-state index is 12.8. The fourth-order valence-electron chi connectivity index (χ4n) is 3.05. The number of carbonyl (C=O) groups excluding carboxylic acids is 1. The van der Waals surface area contributed by atoms with E-state index in [-0.39, 0.29) is 18.1 Å². The van der Waals surface area contributed by atoms with Gasteiger partial charge in [0.1, 0.15) is 5.75 Å². The predicted molar refractivity (Wildman–Crippen MR) is 122 cm³/mol. The Bertz CT molecular complexity index is 1310. The first-order valence-electron chi connectivity index (χ1n) is 9.40. The number of carbonyl (C=O) groups is 1. The summed E-state index contributed by atoms with van der Waals surface area (Å²) < 4.78 is 6.93. The molecule has 0 aliphatic heterocycles. The second kappa shape index (κ2) is 9.20. The largest absolute Gasteiger partial charge is 0.484 e. The van der Waals surface area contributed by atoms with Gasteiger partial charge in [0.2, 0.25) is 0 Å². The lowest BCUT2D eigenvalue weighted by Gasteiger charge is -2.10. The van der Waals surface area contributed by atoms with Crippen LogP contribution < -0.4 is 15.6 Å². The van der Waals surface area contributed by atoms with E-state index in [1.165, 1.54) is 10.9 Å². The molecule has 0 aliphatic carbocycles. The number of aromatic nitrogens is 2. The SMILES string of the molecule is O=C(COc1ccccc1)Nc1ccc2c(=O)n(Cc3ccc(Cl)c(Cl)c3)cnc2c1. The summed E-state index contributed by atoms with van der Waals surface area (Å²) in [6.07, 6.45) is 1.47. The monoisotopic (exact) mass is 453 g/mol. The maximum atomic E-state index is 12.8. The molecule has 0 aliphatic rings. The summed E-state index contributed by atoms with van der Waals surface area (Å²) in [5.74, 6) is 0.302. The predicted octanol–water partition coefficient (Wildman–Crippen LogP) is 4.77. The number of nitrogens with one attached hydrogen (secondary N) is 1. The van der Waals surface area contributed by atoms with Crippen molar-refractivity contribution in [3.05, 3.63) is 99.0 Å². The van der Waals surface area contributed by atoms with Crippen molar-refractivity contribution in [1.82, 2.24) is 9.55 Å². The van der Waals surface area contributed by atoms with Crippen molar-refractivity contribution in [2.75, 3.05) is 11.9 Å². The van der Waals surface area contributed by atoms with Crippen LogP contribution in [-0.2, 0) is 11.3 Å². The van der Waals surface area contributed by atoms with E-state index in [0.717, 1.165) is 5.56 Å². The first kappa shape index (κ1) is 20.9. The van der Waals surface area contributed by atoms with E-state index < -0.39 is 0 Å². The Morgan fingerprint density at radius 3 is 2.58 bits per heavy atom. The number of rotatable bonds is 6. The third-order valence-corrected chi connectivity index (χ3v) is 5.30. The fraction of sp³-hybridized carbons (Fsp3) is 0.0870. The molecule has 0 fully saturated rings. The van der Waals surface area contributed by atoms with Crippen LogP contribution >= 0.6 is 23.2 Å². The number of amides is 1. The molecular formula is C23H17Cl2N3O3. The molecule has 0 bridgehead atoms. The van der Waals surface area contributed by atoms with Crippen molar-refractivity contribution in [2.45, 2.75) is 6.54 Å². The van der Waals surface area contributed by atoms with E-state index in [2.05, 4.69) is 10.3 Å². The second-order valence-electron chi connectivity index (χ2n) is 6.81. The molecule has 1 N–H and O–H groups in total. The van der Waals surface area contributed by atoms with Gasteiger partial charge in [0.15, 0.2) is 6.61 Å². The molecule has 156 valence electrons. The third-order valence-electron chi connectivity index (χ3n) is 4.56. The summed E-state index contributed by atoms with van der Waals surface area (Å²) >= 11 is 12.0. The number of fused-ring (bicyclic) bond motifs is 1. The van der Waals surface area contributed by atoms with Crippen molar-refractivity contribution in [2.24, 2.45) is 0 Å². The van der Waals surface area contributed by atoms with Gasteiger partial charge in [0, 0.05) is 5.69 Å². The zero-order valence-corrected chi connectivity index (χ0v) is 17.7. The van der Waals surface area contributed by atoms with Gasteiger partial charge in [-0.2, -0.15) is 0 Å². The number of benzene rings is 3. The van der Waals surface area contributed by atoms with E-state index in [1.807, 2.05) is 18.2 Å². The molecule has 3 aromatic carbocycles. The number of anilines is 1. The molecule has 8 heteroatoms. The first-order valence-corrected chi connectivity index (χ1v) is 10.2. The van der Waals surface area contributed by atoms with Crippen LogP contribution in [0, 0.1) is 0 Å². The van der Waals surface area contributed by atoms with Crippen LogP contribution in [0.5, 0.6) is 5.75 Å². The standard InChI is InChI=1S/C23H17Cl2N3O3/c24-19-9-6-15(10-20(19)25)12-28-14-26-21-11-16(7-8-18(21)23(28)30)27-22(29)13-31-17-4-2-1-3-5-17/h1-11,14H,12-13H2,(H,27,29). The van der Waals surface area contributed by atoms with Crippen LogP contribution in [-0.4, -0.2) is 22.1 Å². The summed E-state index contributed by atoms with van der Waals surface area (Å²) in [5.41, 5.74) is 1.65. The molecule has 0 spiro atoms. The number of hydrogen-bond donors (Lipinski definition) is 1. The molecule has 0 unspecified atom stereocenters. The minimum absolute atomic E-state index is 0.124. The Labute approximate surface area is 188 Å². The molecule has 31 heavy (non-hydrogen) atoms. The van der Waals surface area contributed by atoms with E-state index in [0.29, 0.717) is 38.9 Å². The van der Waals surface area contributed by atoms with E-state index in [1.54, 1.807) is 48.5 Å². The number of nitrogens with zero attached hydrogens (tertiary/aromatic N) is 2. The minimum atomic E-state index is -0.309. The minimum Gasteiger partial charge on any atom is -0.484 e. The first-order chi connectivity index (χ1) is 15.0. The summed E-state index contributed by atoms with van der Waals surface area (Å²) in [7, 11) is 0. The summed E-state index contributed by atoms with van der Waals surface area (Å²) in [5, 5.41) is 4.08. The number of hydrogen-bond acceptors (Lipinski definition) is 4. The zero-order chi connectivity index (χ0) is 21.8. The number of halogens is 2. The van der Waals surface area contributed by atoms with Gasteiger partial charge in [-0.3, -0.25) is 14.2 Å². The van der Waals surface area contributed by atoms with E-state index >= 15 is 0 Å². The van der Waals surface area contributed by atoms with Crippen molar-refractivity contribution in [3.63, 3.8) is 0 Å². The lowest BCUT2D eigenvalue weighted by Crippen LogP contribution is -2.22. The molecule has 0 saturated heterocycles. The summed E-state index contributed by atoms with van der Waals surface area (Å²) in [4.78, 5) is 29.4. The molecule has 1 amide bonds. The maximum Gasteiger partial charge on any atom is 0.262 e. The van der Waals surface area contributed by atoms with Gasteiger partial charge >= 0.3 is 0 Å². The Morgan fingerprint density at radius 2 is 1.81 bits per heavy atom. The molecular weight excluding hydrogens is 437 g/mol. The van der Waals surface area contributed by atoms with E-state index in [9.17, 15) is 9.59 Å². The highest BCUT2D eigenvalue weighted by Gasteiger charge is 2.09. The molecule has 1 aromatic heterocycles. The Balaban J connectivity index is 1.48. The average molecular weight is 454 g/mol. The molecule has 4 aromatic rings. The summed E-state index contributed by atoms with van der Waals surface area (Å²) in [6.45, 7) is 0.189. The second-order valence-corrected chi connectivity index (χ2v) is 7.62. The smallest absolute Gasteiger partial charge is 0.262 e. The zero-order valence-electron chi connectivity index (χ0n) is 16.2. The van der Waals surface area contributed by atoms with Crippen LogP contribution in [0.1, 0.15) is 5.56 Å². The molecule has 0 atom stereocenters. The average Bonchev–Trinajstić information content (AvgIpc) is 2.77. The Kier molecular flexibility index (Phi) is 6.21. The lowest BCUT2D eigenvalue weighted by atomic mass is 10.2. The Hall–Kier alpha value is -3.35. The van der Waals surface area contributed by atoms with Gasteiger partial charge in [-0.25, -0.2) is 4.98 Å². The lowest BCUT2D eigenvalue weighted by molar-refractivity contribution is -0.118. The highest BCUT2D eigenvalue weighted by Crippen LogP contribution is 2.23. The van der Waals surface area contributed by atoms with Crippen molar-refractivity contribution >= 4 is 45.7 Å². The van der Waals surface area contributed by atoms with Crippen LogP contribution in [0.3, 0.4) is 0 Å². The van der Waals surface area contributed by atoms with Crippen LogP contribution in [0.25, 0.3) is 10.9 Å². The van der Waals surface area contributed by atoms with E-state index in [4.69, 9.17) is 27.9 Å².